The molecule has 8 nitrogen and oxygen atoms in total. The molecule has 1 unspecified atom stereocenters. The van der Waals surface area contributed by atoms with E-state index >= 15 is 0 Å². The molecular weight excluding hydrogens is 334 g/mol. The van der Waals surface area contributed by atoms with Crippen molar-refractivity contribution in [2.24, 2.45) is 5.92 Å². The molecule has 1 atom stereocenters. The molecule has 0 bridgehead atoms. The molecule has 0 amide bonds. The molecule has 8 heteroatoms. The number of H-pyrrole nitrogens is 1. The molecule has 1 saturated heterocycles. The highest BCUT2D eigenvalue weighted by molar-refractivity contribution is 5.81. The van der Waals surface area contributed by atoms with Crippen LogP contribution in [0.2, 0.25) is 0 Å². The Labute approximate surface area is 149 Å². The summed E-state index contributed by atoms with van der Waals surface area (Å²) in [7, 11) is 0. The van der Waals surface area contributed by atoms with E-state index in [1.165, 1.54) is 6.08 Å². The average Bonchev–Trinajstić information content (AvgIpc) is 3.09. The van der Waals surface area contributed by atoms with Crippen molar-refractivity contribution < 1.29 is 14.9 Å². The number of rotatable bonds is 6. The SMILES string of the molecule is C=CC(O)N1CC(COc2nc(-c3ccc(O)cc3)nc3[nH]ncc23)C1. The van der Waals surface area contributed by atoms with E-state index in [1.807, 2.05) is 4.90 Å². The highest BCUT2D eigenvalue weighted by Crippen LogP contribution is 2.27. The van der Waals surface area contributed by atoms with E-state index in [0.29, 0.717) is 29.9 Å². The van der Waals surface area contributed by atoms with Crippen LogP contribution in [0, 0.1) is 5.92 Å². The Kier molecular flexibility index (Phi) is 4.27. The standard InChI is InChI=1S/C18H19N5O3/c1-2-15(25)23-8-11(9-23)10-26-18-14-7-19-22-17(14)20-16(21-18)12-3-5-13(24)6-4-12/h2-7,11,15,24-25H,1,8-10H2,(H,19,20,21,22). The lowest BCUT2D eigenvalue weighted by Gasteiger charge is -2.40. The fourth-order valence-corrected chi connectivity index (χ4v) is 2.94. The van der Waals surface area contributed by atoms with E-state index < -0.39 is 6.23 Å². The summed E-state index contributed by atoms with van der Waals surface area (Å²) in [5, 5.41) is 26.7. The Bertz CT molecular complexity index is 918. The van der Waals surface area contributed by atoms with Gasteiger partial charge < -0.3 is 14.9 Å². The maximum atomic E-state index is 9.69. The van der Waals surface area contributed by atoms with Crippen molar-refractivity contribution in [3.63, 3.8) is 0 Å². The van der Waals surface area contributed by atoms with Crippen molar-refractivity contribution in [1.82, 2.24) is 25.1 Å². The first-order valence-corrected chi connectivity index (χ1v) is 8.32. The molecule has 0 radical (unpaired) electrons. The van der Waals surface area contributed by atoms with Crippen LogP contribution in [0.1, 0.15) is 0 Å². The third-order valence-electron chi connectivity index (χ3n) is 4.43. The highest BCUT2D eigenvalue weighted by atomic mass is 16.5. The van der Waals surface area contributed by atoms with Gasteiger partial charge in [0.2, 0.25) is 5.88 Å². The van der Waals surface area contributed by atoms with Gasteiger partial charge in [-0.2, -0.15) is 10.1 Å². The molecule has 2 aromatic heterocycles. The van der Waals surface area contributed by atoms with Gasteiger partial charge in [0.15, 0.2) is 11.5 Å². The zero-order chi connectivity index (χ0) is 18.1. The Morgan fingerprint density at radius 2 is 2.08 bits per heavy atom. The van der Waals surface area contributed by atoms with Crippen molar-refractivity contribution in [2.45, 2.75) is 6.23 Å². The van der Waals surface area contributed by atoms with Crippen molar-refractivity contribution in [1.29, 1.82) is 0 Å². The number of phenols is 1. The van der Waals surface area contributed by atoms with Crippen LogP contribution in [0.25, 0.3) is 22.4 Å². The summed E-state index contributed by atoms with van der Waals surface area (Å²) >= 11 is 0. The summed E-state index contributed by atoms with van der Waals surface area (Å²) in [6.45, 7) is 5.58. The Balaban J connectivity index is 1.52. The molecule has 134 valence electrons. The number of aliphatic hydroxyl groups is 1. The van der Waals surface area contributed by atoms with Gasteiger partial charge in [0.05, 0.1) is 12.8 Å². The molecule has 0 aliphatic carbocycles. The summed E-state index contributed by atoms with van der Waals surface area (Å²) < 4.78 is 5.93. The fourth-order valence-electron chi connectivity index (χ4n) is 2.94. The number of hydrogen-bond donors (Lipinski definition) is 3. The minimum Gasteiger partial charge on any atom is -0.508 e. The number of benzene rings is 1. The predicted octanol–water partition coefficient (Wildman–Crippen LogP) is 1.54. The summed E-state index contributed by atoms with van der Waals surface area (Å²) in [6, 6.07) is 6.67. The van der Waals surface area contributed by atoms with Crippen LogP contribution >= 0.6 is 0 Å². The number of aromatic hydroxyl groups is 1. The number of likely N-dealkylation sites (tertiary alicyclic amines) is 1. The number of aromatic amines is 1. The number of phenolic OH excluding ortho intramolecular Hbond substituents is 1. The zero-order valence-electron chi connectivity index (χ0n) is 14.0. The van der Waals surface area contributed by atoms with Gasteiger partial charge in [0.25, 0.3) is 0 Å². The molecule has 1 aromatic carbocycles. The minimum absolute atomic E-state index is 0.184. The van der Waals surface area contributed by atoms with Gasteiger partial charge in [-0.1, -0.05) is 6.58 Å². The molecule has 26 heavy (non-hydrogen) atoms. The molecule has 0 spiro atoms. The normalized spacial score (nSPS) is 16.3. The van der Waals surface area contributed by atoms with Crippen LogP contribution in [-0.2, 0) is 0 Å². The monoisotopic (exact) mass is 353 g/mol. The van der Waals surface area contributed by atoms with Gasteiger partial charge in [-0.3, -0.25) is 10.00 Å². The molecule has 3 N–H and O–H groups in total. The lowest BCUT2D eigenvalue weighted by molar-refractivity contribution is -0.0473. The fraction of sp³-hybridized carbons (Fsp3) is 0.278. The lowest BCUT2D eigenvalue weighted by atomic mass is 10.0. The van der Waals surface area contributed by atoms with Gasteiger partial charge in [-0.15, -0.1) is 0 Å². The predicted molar refractivity (Wildman–Crippen MR) is 95.5 cm³/mol. The van der Waals surface area contributed by atoms with E-state index in [0.717, 1.165) is 24.0 Å². The molecular formula is C18H19N5O3. The molecule has 0 saturated carbocycles. The highest BCUT2D eigenvalue weighted by Gasteiger charge is 2.30. The summed E-state index contributed by atoms with van der Waals surface area (Å²) in [5.41, 5.74) is 1.36. The van der Waals surface area contributed by atoms with Crippen LogP contribution in [0.5, 0.6) is 11.6 Å². The van der Waals surface area contributed by atoms with Gasteiger partial charge in [0, 0.05) is 24.6 Å². The quantitative estimate of drug-likeness (QED) is 0.577. The third-order valence-corrected chi connectivity index (χ3v) is 4.43. The number of fused-ring (bicyclic) bond motifs is 1. The van der Waals surface area contributed by atoms with Crippen LogP contribution in [0.4, 0.5) is 0 Å². The lowest BCUT2D eigenvalue weighted by Crippen LogP contribution is -2.53. The van der Waals surface area contributed by atoms with Crippen molar-refractivity contribution in [3.8, 4) is 23.0 Å². The summed E-state index contributed by atoms with van der Waals surface area (Å²) in [6.07, 6.45) is 2.55. The van der Waals surface area contributed by atoms with Crippen molar-refractivity contribution >= 4 is 11.0 Å². The minimum atomic E-state index is -0.605. The molecule has 3 heterocycles. The first kappa shape index (κ1) is 16.5. The first-order valence-electron chi connectivity index (χ1n) is 8.32. The average molecular weight is 353 g/mol. The number of aromatic nitrogens is 4. The second kappa shape index (κ2) is 6.74. The Hall–Kier alpha value is -2.97. The zero-order valence-corrected chi connectivity index (χ0v) is 14.0. The molecule has 4 rings (SSSR count). The summed E-state index contributed by atoms with van der Waals surface area (Å²) in [4.78, 5) is 10.9. The van der Waals surface area contributed by atoms with E-state index in [-0.39, 0.29) is 5.75 Å². The van der Waals surface area contributed by atoms with Crippen molar-refractivity contribution in [2.75, 3.05) is 19.7 Å². The second-order valence-electron chi connectivity index (χ2n) is 6.31. The van der Waals surface area contributed by atoms with Crippen LogP contribution in [0.3, 0.4) is 0 Å². The largest absolute Gasteiger partial charge is 0.508 e. The first-order chi connectivity index (χ1) is 12.6. The molecule has 1 aliphatic heterocycles. The maximum Gasteiger partial charge on any atom is 0.228 e. The van der Waals surface area contributed by atoms with Crippen LogP contribution < -0.4 is 4.74 Å². The van der Waals surface area contributed by atoms with E-state index in [2.05, 4.69) is 26.7 Å². The Morgan fingerprint density at radius 1 is 1.31 bits per heavy atom. The number of aliphatic hydroxyl groups excluding tert-OH is 1. The number of nitrogens with zero attached hydrogens (tertiary/aromatic N) is 4. The number of nitrogens with one attached hydrogen (secondary N) is 1. The van der Waals surface area contributed by atoms with E-state index in [4.69, 9.17) is 4.74 Å². The second-order valence-corrected chi connectivity index (χ2v) is 6.31. The van der Waals surface area contributed by atoms with Crippen LogP contribution in [0.15, 0.2) is 43.1 Å². The van der Waals surface area contributed by atoms with Crippen LogP contribution in [-0.4, -0.2) is 61.2 Å². The maximum absolute atomic E-state index is 9.69. The van der Waals surface area contributed by atoms with Gasteiger partial charge in [-0.25, -0.2) is 4.98 Å². The Morgan fingerprint density at radius 3 is 2.81 bits per heavy atom. The molecule has 3 aromatic rings. The van der Waals surface area contributed by atoms with E-state index in [1.54, 1.807) is 30.5 Å². The van der Waals surface area contributed by atoms with Crippen molar-refractivity contribution in [3.05, 3.63) is 43.1 Å². The molecule has 1 aliphatic rings. The van der Waals surface area contributed by atoms with E-state index in [9.17, 15) is 10.2 Å². The number of ether oxygens (including phenoxy) is 1. The smallest absolute Gasteiger partial charge is 0.228 e. The number of hydrogen-bond acceptors (Lipinski definition) is 7. The summed E-state index contributed by atoms with van der Waals surface area (Å²) in [5.74, 6) is 1.46. The molecule has 1 fully saturated rings. The van der Waals surface area contributed by atoms with Gasteiger partial charge in [0.1, 0.15) is 17.4 Å². The van der Waals surface area contributed by atoms with Gasteiger partial charge >= 0.3 is 0 Å². The third kappa shape index (κ3) is 3.12. The topological polar surface area (TPSA) is 107 Å². The van der Waals surface area contributed by atoms with Gasteiger partial charge in [-0.05, 0) is 30.3 Å².